The zero-order valence-electron chi connectivity index (χ0n) is 14.3. The van der Waals surface area contributed by atoms with Crippen molar-refractivity contribution in [3.8, 4) is 0 Å². The number of carbonyl (C=O) groups excluding carboxylic acids is 2. The number of nitrogens with one attached hydrogen (secondary N) is 2. The first-order valence-electron chi connectivity index (χ1n) is 8.64. The molecule has 0 unspecified atom stereocenters. The maximum atomic E-state index is 12.2. The summed E-state index contributed by atoms with van der Waals surface area (Å²) in [6.45, 7) is 3.72. The SMILES string of the molecule is C[C@H](OC(=O)c1ccc[nH]1)C(=O)Nc1ccc(N2CCCCC2)cc1. The van der Waals surface area contributed by atoms with Gasteiger partial charge < -0.3 is 19.9 Å². The van der Waals surface area contributed by atoms with Gasteiger partial charge in [0.05, 0.1) is 0 Å². The predicted octanol–water partition coefficient (Wildman–Crippen LogP) is 3.19. The Balaban J connectivity index is 1.54. The Kier molecular flexibility index (Phi) is 5.38. The Morgan fingerprint density at radius 2 is 1.84 bits per heavy atom. The summed E-state index contributed by atoms with van der Waals surface area (Å²) in [6.07, 6.45) is 4.50. The first-order chi connectivity index (χ1) is 12.1. The highest BCUT2D eigenvalue weighted by Gasteiger charge is 2.19. The van der Waals surface area contributed by atoms with E-state index >= 15 is 0 Å². The number of aromatic amines is 1. The van der Waals surface area contributed by atoms with Crippen molar-refractivity contribution in [2.75, 3.05) is 23.3 Å². The van der Waals surface area contributed by atoms with Crippen LogP contribution in [0.1, 0.15) is 36.7 Å². The highest BCUT2D eigenvalue weighted by atomic mass is 16.5. The van der Waals surface area contributed by atoms with Gasteiger partial charge in [0.15, 0.2) is 6.10 Å². The number of ether oxygens (including phenoxy) is 1. The van der Waals surface area contributed by atoms with E-state index in [9.17, 15) is 9.59 Å². The summed E-state index contributed by atoms with van der Waals surface area (Å²) < 4.78 is 5.16. The Hall–Kier alpha value is -2.76. The van der Waals surface area contributed by atoms with Crippen LogP contribution in [0.15, 0.2) is 42.6 Å². The number of piperidine rings is 1. The monoisotopic (exact) mass is 341 g/mol. The lowest BCUT2D eigenvalue weighted by Gasteiger charge is -2.28. The molecule has 2 aromatic rings. The lowest BCUT2D eigenvalue weighted by molar-refractivity contribution is -0.123. The highest BCUT2D eigenvalue weighted by molar-refractivity contribution is 5.96. The molecule has 1 atom stereocenters. The third-order valence-corrected chi connectivity index (χ3v) is 4.33. The molecule has 1 aromatic heterocycles. The van der Waals surface area contributed by atoms with Crippen molar-refractivity contribution in [2.24, 2.45) is 0 Å². The van der Waals surface area contributed by atoms with E-state index in [-0.39, 0.29) is 5.91 Å². The van der Waals surface area contributed by atoms with Crippen LogP contribution >= 0.6 is 0 Å². The smallest absolute Gasteiger partial charge is 0.355 e. The molecule has 0 radical (unpaired) electrons. The second kappa shape index (κ2) is 7.88. The molecule has 1 fully saturated rings. The lowest BCUT2D eigenvalue weighted by atomic mass is 10.1. The second-order valence-electron chi connectivity index (χ2n) is 6.22. The Morgan fingerprint density at radius 3 is 2.48 bits per heavy atom. The first-order valence-corrected chi connectivity index (χ1v) is 8.64. The molecule has 132 valence electrons. The van der Waals surface area contributed by atoms with E-state index in [0.29, 0.717) is 11.4 Å². The van der Waals surface area contributed by atoms with E-state index in [1.807, 2.05) is 24.3 Å². The number of esters is 1. The molecule has 2 heterocycles. The number of carbonyl (C=O) groups is 2. The minimum absolute atomic E-state index is 0.325. The van der Waals surface area contributed by atoms with Crippen molar-refractivity contribution in [3.63, 3.8) is 0 Å². The number of amides is 1. The van der Waals surface area contributed by atoms with Crippen LogP contribution in [0.4, 0.5) is 11.4 Å². The van der Waals surface area contributed by atoms with Crippen molar-refractivity contribution in [3.05, 3.63) is 48.3 Å². The van der Waals surface area contributed by atoms with Crippen LogP contribution in [0.3, 0.4) is 0 Å². The second-order valence-corrected chi connectivity index (χ2v) is 6.22. The average molecular weight is 341 g/mol. The van der Waals surface area contributed by atoms with Gasteiger partial charge in [-0.25, -0.2) is 4.79 Å². The molecule has 1 saturated heterocycles. The third-order valence-electron chi connectivity index (χ3n) is 4.33. The normalized spacial score (nSPS) is 15.5. The molecule has 2 N–H and O–H groups in total. The number of hydrogen-bond donors (Lipinski definition) is 2. The molecule has 1 aliphatic rings. The molecule has 0 aliphatic carbocycles. The maximum Gasteiger partial charge on any atom is 0.355 e. The van der Waals surface area contributed by atoms with E-state index < -0.39 is 12.1 Å². The van der Waals surface area contributed by atoms with Crippen LogP contribution in [0.2, 0.25) is 0 Å². The minimum atomic E-state index is -0.877. The zero-order chi connectivity index (χ0) is 17.6. The topological polar surface area (TPSA) is 74.4 Å². The van der Waals surface area contributed by atoms with Crippen molar-refractivity contribution >= 4 is 23.3 Å². The fourth-order valence-electron chi connectivity index (χ4n) is 2.89. The Morgan fingerprint density at radius 1 is 1.12 bits per heavy atom. The van der Waals surface area contributed by atoms with E-state index in [1.165, 1.54) is 24.9 Å². The molecule has 0 bridgehead atoms. The summed E-state index contributed by atoms with van der Waals surface area (Å²) in [5, 5.41) is 2.78. The first kappa shape index (κ1) is 17.1. The molecule has 6 nitrogen and oxygen atoms in total. The molecular formula is C19H23N3O3. The van der Waals surface area contributed by atoms with Gasteiger partial charge in [0.1, 0.15) is 5.69 Å². The van der Waals surface area contributed by atoms with Gasteiger partial charge in [-0.05, 0) is 62.6 Å². The van der Waals surface area contributed by atoms with Crippen molar-refractivity contribution in [1.82, 2.24) is 4.98 Å². The van der Waals surface area contributed by atoms with E-state index in [1.54, 1.807) is 25.3 Å². The van der Waals surface area contributed by atoms with Gasteiger partial charge in [0.2, 0.25) is 0 Å². The quantitative estimate of drug-likeness (QED) is 0.819. The third kappa shape index (κ3) is 4.41. The molecule has 6 heteroatoms. The zero-order valence-corrected chi connectivity index (χ0v) is 14.3. The summed E-state index contributed by atoms with van der Waals surface area (Å²) in [7, 11) is 0. The van der Waals surface area contributed by atoms with Gasteiger partial charge in [-0.2, -0.15) is 0 Å². The van der Waals surface area contributed by atoms with Crippen LogP contribution in [0, 0.1) is 0 Å². The van der Waals surface area contributed by atoms with E-state index in [4.69, 9.17) is 4.74 Å². The average Bonchev–Trinajstić information content (AvgIpc) is 3.18. The van der Waals surface area contributed by atoms with Gasteiger partial charge in [0, 0.05) is 30.7 Å². The molecule has 1 amide bonds. The largest absolute Gasteiger partial charge is 0.448 e. The molecular weight excluding hydrogens is 318 g/mol. The van der Waals surface area contributed by atoms with Gasteiger partial charge >= 0.3 is 5.97 Å². The number of hydrogen-bond acceptors (Lipinski definition) is 4. The van der Waals surface area contributed by atoms with E-state index in [2.05, 4.69) is 15.2 Å². The van der Waals surface area contributed by atoms with Crippen LogP contribution in [0.5, 0.6) is 0 Å². The summed E-state index contributed by atoms with van der Waals surface area (Å²) in [4.78, 5) is 29.2. The predicted molar refractivity (Wildman–Crippen MR) is 96.8 cm³/mol. The molecule has 1 aromatic carbocycles. The molecule has 0 saturated carbocycles. The van der Waals surface area contributed by atoms with Crippen molar-refractivity contribution in [1.29, 1.82) is 0 Å². The molecule has 0 spiro atoms. The van der Waals surface area contributed by atoms with Crippen LogP contribution < -0.4 is 10.2 Å². The van der Waals surface area contributed by atoms with Crippen LogP contribution in [-0.2, 0) is 9.53 Å². The van der Waals surface area contributed by atoms with E-state index in [0.717, 1.165) is 13.1 Å². The number of aromatic nitrogens is 1. The Labute approximate surface area is 147 Å². The summed E-state index contributed by atoms with van der Waals surface area (Å²) in [5.74, 6) is -0.904. The Bertz CT molecular complexity index is 704. The fraction of sp³-hybridized carbons (Fsp3) is 0.368. The summed E-state index contributed by atoms with van der Waals surface area (Å²) in [5.41, 5.74) is 2.18. The minimum Gasteiger partial charge on any atom is -0.448 e. The number of rotatable bonds is 5. The van der Waals surface area contributed by atoms with Gasteiger partial charge in [0.25, 0.3) is 5.91 Å². The van der Waals surface area contributed by atoms with Crippen LogP contribution in [-0.4, -0.2) is 36.1 Å². The highest BCUT2D eigenvalue weighted by Crippen LogP contribution is 2.22. The van der Waals surface area contributed by atoms with Gasteiger partial charge in [-0.1, -0.05) is 0 Å². The fourth-order valence-corrected chi connectivity index (χ4v) is 2.89. The van der Waals surface area contributed by atoms with Gasteiger partial charge in [-0.15, -0.1) is 0 Å². The van der Waals surface area contributed by atoms with Gasteiger partial charge in [-0.3, -0.25) is 4.79 Å². The number of benzene rings is 1. The standard InChI is InChI=1S/C19H23N3O3/c1-14(25-19(24)17-6-5-11-20-17)18(23)21-15-7-9-16(10-8-15)22-12-3-2-4-13-22/h5-11,14,20H,2-4,12-13H2,1H3,(H,21,23)/t14-/m0/s1. The molecule has 3 rings (SSSR count). The van der Waals surface area contributed by atoms with Crippen molar-refractivity contribution in [2.45, 2.75) is 32.3 Å². The maximum absolute atomic E-state index is 12.2. The van der Waals surface area contributed by atoms with Crippen LogP contribution in [0.25, 0.3) is 0 Å². The molecule has 25 heavy (non-hydrogen) atoms. The summed E-state index contributed by atoms with van der Waals surface area (Å²) >= 11 is 0. The lowest BCUT2D eigenvalue weighted by Crippen LogP contribution is -2.30. The number of H-pyrrole nitrogens is 1. The summed E-state index contributed by atoms with van der Waals surface area (Å²) in [6, 6.07) is 11.1. The molecule has 1 aliphatic heterocycles. The number of nitrogens with zero attached hydrogens (tertiary/aromatic N) is 1. The number of anilines is 2. The van der Waals surface area contributed by atoms with Crippen molar-refractivity contribution < 1.29 is 14.3 Å².